The molecule has 0 amide bonds. The van der Waals surface area contributed by atoms with Crippen LogP contribution in [0, 0.1) is 17.8 Å². The molecule has 11 heavy (non-hydrogen) atoms. The molecule has 1 saturated carbocycles. The molecule has 0 aromatic carbocycles. The van der Waals surface area contributed by atoms with Crippen molar-refractivity contribution in [3.8, 4) is 11.8 Å². The first-order valence-corrected chi connectivity index (χ1v) is 4.48. The van der Waals surface area contributed by atoms with Crippen LogP contribution in [-0.4, -0.2) is 6.67 Å². The van der Waals surface area contributed by atoms with Gasteiger partial charge in [-0.2, -0.15) is 0 Å². The number of alkyl halides is 1. The van der Waals surface area contributed by atoms with Crippen molar-refractivity contribution in [3.05, 3.63) is 0 Å². The van der Waals surface area contributed by atoms with Gasteiger partial charge in [0.05, 0.1) is 0 Å². The highest BCUT2D eigenvalue weighted by atomic mass is 19.1. The molecule has 0 spiro atoms. The zero-order valence-electron chi connectivity index (χ0n) is 6.91. The Hall–Kier alpha value is -0.510. The summed E-state index contributed by atoms with van der Waals surface area (Å²) in [6, 6.07) is 0. The average molecular weight is 154 g/mol. The van der Waals surface area contributed by atoms with Gasteiger partial charge in [-0.3, -0.25) is 4.39 Å². The number of rotatable bonds is 1. The molecule has 1 aliphatic carbocycles. The van der Waals surface area contributed by atoms with Gasteiger partial charge in [0, 0.05) is 12.3 Å². The zero-order chi connectivity index (χ0) is 7.94. The molecule has 0 saturated heterocycles. The Morgan fingerprint density at radius 2 is 1.91 bits per heavy atom. The smallest absolute Gasteiger partial charge is 0.100 e. The number of hydrogen-bond donors (Lipinski definition) is 0. The molecule has 0 N–H and O–H groups in total. The molecule has 1 fully saturated rings. The van der Waals surface area contributed by atoms with Crippen molar-refractivity contribution in [1.82, 2.24) is 0 Å². The van der Waals surface area contributed by atoms with Crippen LogP contribution in [0.3, 0.4) is 0 Å². The van der Waals surface area contributed by atoms with E-state index in [1.807, 2.05) is 0 Å². The van der Waals surface area contributed by atoms with E-state index in [1.54, 1.807) is 0 Å². The number of halogens is 1. The third-order valence-electron chi connectivity index (χ3n) is 2.13. The molecule has 0 radical (unpaired) electrons. The standard InChI is InChI=1S/C10H15F/c11-9-5-4-8-10-6-2-1-3-7-10/h10H,1-3,5-7,9H2. The normalized spacial score (nSPS) is 19.0. The van der Waals surface area contributed by atoms with Crippen LogP contribution in [0.15, 0.2) is 0 Å². The first-order chi connectivity index (χ1) is 5.43. The van der Waals surface area contributed by atoms with E-state index in [-0.39, 0.29) is 6.67 Å². The largest absolute Gasteiger partial charge is 0.250 e. The van der Waals surface area contributed by atoms with E-state index in [0.717, 1.165) is 0 Å². The molecule has 1 rings (SSSR count). The molecule has 0 aliphatic heterocycles. The van der Waals surface area contributed by atoms with Crippen molar-refractivity contribution < 1.29 is 4.39 Å². The Morgan fingerprint density at radius 3 is 2.55 bits per heavy atom. The minimum Gasteiger partial charge on any atom is -0.250 e. The van der Waals surface area contributed by atoms with Gasteiger partial charge < -0.3 is 0 Å². The second-order valence-corrected chi connectivity index (χ2v) is 3.10. The second-order valence-electron chi connectivity index (χ2n) is 3.10. The Bertz CT molecular complexity index is 146. The van der Waals surface area contributed by atoms with Gasteiger partial charge in [-0.1, -0.05) is 25.2 Å². The van der Waals surface area contributed by atoms with Crippen LogP contribution in [-0.2, 0) is 0 Å². The maximum Gasteiger partial charge on any atom is 0.100 e. The molecule has 0 unspecified atom stereocenters. The van der Waals surface area contributed by atoms with E-state index in [1.165, 1.54) is 32.1 Å². The monoisotopic (exact) mass is 154 g/mol. The summed E-state index contributed by atoms with van der Waals surface area (Å²) in [5.74, 6) is 6.59. The van der Waals surface area contributed by atoms with Gasteiger partial charge >= 0.3 is 0 Å². The first-order valence-electron chi connectivity index (χ1n) is 4.48. The Kier molecular flexibility index (Phi) is 4.04. The van der Waals surface area contributed by atoms with Gasteiger partial charge in [0.25, 0.3) is 0 Å². The molecule has 0 aromatic heterocycles. The summed E-state index contributed by atoms with van der Waals surface area (Å²) in [5, 5.41) is 0. The predicted octanol–water partition coefficient (Wildman–Crippen LogP) is 2.93. The van der Waals surface area contributed by atoms with Gasteiger partial charge in [-0.15, -0.1) is 5.92 Å². The van der Waals surface area contributed by atoms with Crippen LogP contribution in [0.4, 0.5) is 4.39 Å². The van der Waals surface area contributed by atoms with Gasteiger partial charge in [0.1, 0.15) is 6.67 Å². The van der Waals surface area contributed by atoms with Crippen molar-refractivity contribution in [2.24, 2.45) is 5.92 Å². The Labute approximate surface area is 68.2 Å². The minimum atomic E-state index is -0.292. The molecular weight excluding hydrogens is 139 g/mol. The lowest BCUT2D eigenvalue weighted by Crippen LogP contribution is -2.02. The van der Waals surface area contributed by atoms with E-state index in [0.29, 0.717) is 12.3 Å². The highest BCUT2D eigenvalue weighted by molar-refractivity contribution is 5.04. The molecule has 1 aliphatic rings. The van der Waals surface area contributed by atoms with Crippen LogP contribution in [0.25, 0.3) is 0 Å². The average Bonchev–Trinajstić information content (AvgIpc) is 2.07. The van der Waals surface area contributed by atoms with Gasteiger partial charge in [-0.25, -0.2) is 0 Å². The summed E-state index contributed by atoms with van der Waals surface area (Å²) in [5.41, 5.74) is 0. The fraction of sp³-hybridized carbons (Fsp3) is 0.800. The highest BCUT2D eigenvalue weighted by Crippen LogP contribution is 2.22. The van der Waals surface area contributed by atoms with Crippen molar-refractivity contribution >= 4 is 0 Å². The lowest BCUT2D eigenvalue weighted by molar-refractivity contribution is 0.429. The Morgan fingerprint density at radius 1 is 1.18 bits per heavy atom. The summed E-state index contributed by atoms with van der Waals surface area (Å²) in [6.07, 6.45) is 6.89. The summed E-state index contributed by atoms with van der Waals surface area (Å²) < 4.78 is 11.6. The predicted molar refractivity (Wildman–Crippen MR) is 44.9 cm³/mol. The maximum absolute atomic E-state index is 11.6. The SMILES string of the molecule is FCCC#CC1CCCCC1. The minimum absolute atomic E-state index is 0.292. The fourth-order valence-corrected chi connectivity index (χ4v) is 1.51. The second kappa shape index (κ2) is 5.18. The molecule has 0 heterocycles. The topological polar surface area (TPSA) is 0 Å². The molecule has 0 bridgehead atoms. The van der Waals surface area contributed by atoms with Gasteiger partial charge in [-0.05, 0) is 12.8 Å². The quantitative estimate of drug-likeness (QED) is 0.509. The zero-order valence-corrected chi connectivity index (χ0v) is 6.91. The maximum atomic E-state index is 11.6. The van der Waals surface area contributed by atoms with E-state index < -0.39 is 0 Å². The molecule has 0 atom stereocenters. The van der Waals surface area contributed by atoms with Crippen LogP contribution >= 0.6 is 0 Å². The third kappa shape index (κ3) is 3.41. The summed E-state index contributed by atoms with van der Waals surface area (Å²) in [4.78, 5) is 0. The molecule has 0 aromatic rings. The van der Waals surface area contributed by atoms with Crippen molar-refractivity contribution in [1.29, 1.82) is 0 Å². The van der Waals surface area contributed by atoms with Gasteiger partial charge in [0.15, 0.2) is 0 Å². The molecule has 1 heteroatoms. The van der Waals surface area contributed by atoms with Crippen molar-refractivity contribution in [2.45, 2.75) is 38.5 Å². The summed E-state index contributed by atoms with van der Waals surface area (Å²) in [7, 11) is 0. The van der Waals surface area contributed by atoms with Crippen LogP contribution in [0.1, 0.15) is 38.5 Å². The number of hydrogen-bond acceptors (Lipinski definition) is 0. The van der Waals surface area contributed by atoms with E-state index in [4.69, 9.17) is 0 Å². The van der Waals surface area contributed by atoms with Crippen molar-refractivity contribution in [3.63, 3.8) is 0 Å². The first kappa shape index (κ1) is 8.59. The third-order valence-corrected chi connectivity index (χ3v) is 2.13. The van der Waals surface area contributed by atoms with Crippen LogP contribution in [0.5, 0.6) is 0 Å². The fourth-order valence-electron chi connectivity index (χ4n) is 1.51. The Balaban J connectivity index is 2.19. The van der Waals surface area contributed by atoms with E-state index in [9.17, 15) is 4.39 Å². The van der Waals surface area contributed by atoms with Crippen LogP contribution < -0.4 is 0 Å². The summed E-state index contributed by atoms with van der Waals surface area (Å²) in [6.45, 7) is -0.292. The van der Waals surface area contributed by atoms with Gasteiger partial charge in [0.2, 0.25) is 0 Å². The van der Waals surface area contributed by atoms with Crippen molar-refractivity contribution in [2.75, 3.05) is 6.67 Å². The molecule has 62 valence electrons. The molecule has 0 nitrogen and oxygen atoms in total. The van der Waals surface area contributed by atoms with Crippen LogP contribution in [0.2, 0.25) is 0 Å². The lowest BCUT2D eigenvalue weighted by Gasteiger charge is -2.15. The van der Waals surface area contributed by atoms with E-state index >= 15 is 0 Å². The summed E-state index contributed by atoms with van der Waals surface area (Å²) >= 11 is 0. The molecular formula is C10H15F. The van der Waals surface area contributed by atoms with E-state index in [2.05, 4.69) is 11.8 Å². The highest BCUT2D eigenvalue weighted by Gasteiger charge is 2.09. The lowest BCUT2D eigenvalue weighted by atomic mass is 9.90.